The number of benzene rings is 2. The molecular weight excluding hydrogens is 462 g/mol. The minimum absolute atomic E-state index is 0.116. The molecule has 37 heavy (non-hydrogen) atoms. The van der Waals surface area contributed by atoms with Gasteiger partial charge in [-0.3, -0.25) is 4.79 Å². The lowest BCUT2D eigenvalue weighted by Gasteiger charge is -2.61. The smallest absolute Gasteiger partial charge is 0.408 e. The van der Waals surface area contributed by atoms with Crippen LogP contribution in [0, 0.1) is 23.2 Å². The molecule has 0 aliphatic heterocycles. The molecule has 1 heterocycles. The third-order valence-electron chi connectivity index (χ3n) is 9.18. The summed E-state index contributed by atoms with van der Waals surface area (Å²) in [6, 6.07) is 18.1. The van der Waals surface area contributed by atoms with Crippen molar-refractivity contribution in [1.29, 1.82) is 0 Å². The maximum atomic E-state index is 13.6. The first kappa shape index (κ1) is 25.4. The second-order valence-electron chi connectivity index (χ2n) is 11.9. The molecular formula is C31H39N3O3. The van der Waals surface area contributed by atoms with Crippen molar-refractivity contribution in [1.82, 2.24) is 15.6 Å². The van der Waals surface area contributed by atoms with E-state index in [9.17, 15) is 9.59 Å². The highest BCUT2D eigenvalue weighted by Gasteiger charge is 2.57. The van der Waals surface area contributed by atoms with Crippen molar-refractivity contribution in [3.8, 4) is 0 Å². The van der Waals surface area contributed by atoms with Crippen molar-refractivity contribution in [2.75, 3.05) is 6.54 Å². The van der Waals surface area contributed by atoms with E-state index in [2.05, 4.69) is 36.4 Å². The molecule has 0 spiro atoms. The van der Waals surface area contributed by atoms with Crippen molar-refractivity contribution in [3.63, 3.8) is 0 Å². The lowest BCUT2D eigenvalue weighted by molar-refractivity contribution is -0.155. The molecule has 1 aromatic heterocycles. The van der Waals surface area contributed by atoms with Gasteiger partial charge in [-0.25, -0.2) is 4.79 Å². The van der Waals surface area contributed by atoms with Crippen LogP contribution in [0.5, 0.6) is 0 Å². The Labute approximate surface area is 219 Å². The number of rotatable bonds is 8. The molecule has 6 heteroatoms. The Kier molecular flexibility index (Phi) is 6.78. The van der Waals surface area contributed by atoms with Crippen LogP contribution >= 0.6 is 0 Å². The van der Waals surface area contributed by atoms with E-state index < -0.39 is 11.6 Å². The normalized spacial score (nSPS) is 25.5. The van der Waals surface area contributed by atoms with Gasteiger partial charge in [0, 0.05) is 30.1 Å². The van der Waals surface area contributed by atoms with Crippen LogP contribution in [0.1, 0.15) is 51.7 Å². The quantitative estimate of drug-likeness (QED) is 0.374. The Hall–Kier alpha value is -3.28. The molecule has 2 aromatic carbocycles. The molecule has 3 saturated carbocycles. The molecule has 2 amide bonds. The third kappa shape index (κ3) is 4.98. The molecule has 2 bridgehead atoms. The van der Waals surface area contributed by atoms with Crippen molar-refractivity contribution >= 4 is 22.9 Å². The minimum Gasteiger partial charge on any atom is -0.446 e. The summed E-state index contributed by atoms with van der Waals surface area (Å²) in [5, 5.41) is 7.08. The second kappa shape index (κ2) is 9.88. The number of amides is 2. The number of H-pyrrole nitrogens is 1. The SMILES string of the molecule is C[C@H]1[C@@H](OC(=O)N[C@](C)(Cc2c[nH]c3ccccc23)C(=O)NCCc2ccccc2)C[C@@H]2C[C@H]1C2(C)C. The highest BCUT2D eigenvalue weighted by atomic mass is 16.6. The maximum Gasteiger partial charge on any atom is 0.408 e. The standard InChI is InChI=1S/C31H39N3O3/c1-20-25-16-23(30(25,2)3)17-27(20)37-29(36)34-31(4,18-22-19-33-26-13-9-8-12-24(22)26)28(35)32-15-14-21-10-6-5-7-11-21/h5-13,19-20,23,25,27,33H,14-18H2,1-4H3,(H,32,35)(H,34,36)/t20-,23+,25-,27+,31-/m1/s1. The zero-order chi connectivity index (χ0) is 26.2. The number of carbonyl (C=O) groups is 2. The van der Waals surface area contributed by atoms with Crippen LogP contribution in [-0.2, 0) is 22.4 Å². The number of para-hydroxylation sites is 1. The molecule has 3 aliphatic rings. The van der Waals surface area contributed by atoms with Gasteiger partial charge in [0.15, 0.2) is 0 Å². The number of ether oxygens (including phenoxy) is 1. The summed E-state index contributed by atoms with van der Waals surface area (Å²) in [4.78, 5) is 30.1. The third-order valence-corrected chi connectivity index (χ3v) is 9.18. The Morgan fingerprint density at radius 2 is 1.81 bits per heavy atom. The fraction of sp³-hybridized carbons (Fsp3) is 0.484. The maximum absolute atomic E-state index is 13.6. The van der Waals surface area contributed by atoms with Crippen molar-refractivity contribution in [3.05, 3.63) is 71.9 Å². The van der Waals surface area contributed by atoms with Crippen LogP contribution in [0.15, 0.2) is 60.8 Å². The number of hydrogen-bond acceptors (Lipinski definition) is 3. The van der Waals surface area contributed by atoms with E-state index in [0.717, 1.165) is 34.9 Å². The van der Waals surface area contributed by atoms with Crippen molar-refractivity contribution < 1.29 is 14.3 Å². The first-order chi connectivity index (χ1) is 17.7. The zero-order valence-corrected chi connectivity index (χ0v) is 22.3. The summed E-state index contributed by atoms with van der Waals surface area (Å²) in [5.41, 5.74) is 2.29. The molecule has 0 radical (unpaired) electrons. The van der Waals surface area contributed by atoms with Crippen molar-refractivity contribution in [2.45, 2.75) is 65.0 Å². The molecule has 6 rings (SSSR count). The first-order valence-electron chi connectivity index (χ1n) is 13.5. The fourth-order valence-electron chi connectivity index (χ4n) is 6.65. The molecule has 196 valence electrons. The number of alkyl carbamates (subject to hydrolysis) is 1. The van der Waals surface area contributed by atoms with Gasteiger partial charge in [-0.1, -0.05) is 69.3 Å². The Morgan fingerprint density at radius 1 is 1.08 bits per heavy atom. The summed E-state index contributed by atoms with van der Waals surface area (Å²) in [7, 11) is 0. The monoisotopic (exact) mass is 501 g/mol. The van der Waals surface area contributed by atoms with E-state index in [-0.39, 0.29) is 12.0 Å². The van der Waals surface area contributed by atoms with Gasteiger partial charge in [0.05, 0.1) is 0 Å². The van der Waals surface area contributed by atoms with Crippen LogP contribution < -0.4 is 10.6 Å². The Balaban J connectivity index is 1.29. The predicted molar refractivity (Wildman–Crippen MR) is 146 cm³/mol. The van der Waals surface area contributed by atoms with Crippen LogP contribution in [-0.4, -0.2) is 35.2 Å². The van der Waals surface area contributed by atoms with E-state index in [1.165, 1.54) is 6.42 Å². The fourth-order valence-corrected chi connectivity index (χ4v) is 6.65. The zero-order valence-electron chi connectivity index (χ0n) is 22.3. The van der Waals surface area contributed by atoms with E-state index in [0.29, 0.717) is 36.1 Å². The van der Waals surface area contributed by atoms with E-state index in [4.69, 9.17) is 4.74 Å². The van der Waals surface area contributed by atoms with Crippen LogP contribution in [0.2, 0.25) is 0 Å². The Bertz CT molecular complexity index is 1270. The first-order valence-corrected chi connectivity index (χ1v) is 13.5. The average molecular weight is 502 g/mol. The summed E-state index contributed by atoms with van der Waals surface area (Å²) in [6.07, 6.45) is 4.47. The predicted octanol–water partition coefficient (Wildman–Crippen LogP) is 5.62. The highest BCUT2D eigenvalue weighted by molar-refractivity contribution is 5.91. The van der Waals surface area contributed by atoms with Crippen molar-refractivity contribution in [2.24, 2.45) is 23.2 Å². The highest BCUT2D eigenvalue weighted by Crippen LogP contribution is 2.61. The van der Waals surface area contributed by atoms with Gasteiger partial charge >= 0.3 is 6.09 Å². The van der Waals surface area contributed by atoms with Gasteiger partial charge < -0.3 is 20.4 Å². The van der Waals surface area contributed by atoms with Gasteiger partial charge in [-0.05, 0) is 66.5 Å². The summed E-state index contributed by atoms with van der Waals surface area (Å²) >= 11 is 0. The van der Waals surface area contributed by atoms with Gasteiger partial charge in [0.25, 0.3) is 0 Å². The number of aromatic amines is 1. The second-order valence-corrected chi connectivity index (χ2v) is 11.9. The molecule has 6 nitrogen and oxygen atoms in total. The number of hydrogen-bond donors (Lipinski definition) is 3. The number of fused-ring (bicyclic) bond motifs is 3. The molecule has 0 unspecified atom stereocenters. The molecule has 5 atom stereocenters. The topological polar surface area (TPSA) is 83.2 Å². The van der Waals surface area contributed by atoms with Crippen LogP contribution in [0.25, 0.3) is 10.9 Å². The lowest BCUT2D eigenvalue weighted by Crippen LogP contribution is -2.61. The number of aromatic nitrogens is 1. The van der Waals surface area contributed by atoms with Gasteiger partial charge in [-0.2, -0.15) is 0 Å². The molecule has 3 fully saturated rings. The summed E-state index contributed by atoms with van der Waals surface area (Å²) in [5.74, 6) is 1.25. The van der Waals surface area contributed by atoms with E-state index >= 15 is 0 Å². The molecule has 3 aromatic rings. The lowest BCUT2D eigenvalue weighted by atomic mass is 9.45. The largest absolute Gasteiger partial charge is 0.446 e. The van der Waals surface area contributed by atoms with E-state index in [1.54, 1.807) is 6.92 Å². The van der Waals surface area contributed by atoms with Gasteiger partial charge in [0.1, 0.15) is 11.6 Å². The average Bonchev–Trinajstić information content (AvgIpc) is 3.27. The van der Waals surface area contributed by atoms with Gasteiger partial charge in [0.2, 0.25) is 5.91 Å². The molecule has 3 N–H and O–H groups in total. The van der Waals surface area contributed by atoms with Gasteiger partial charge in [-0.15, -0.1) is 0 Å². The molecule has 0 saturated heterocycles. The number of carbonyl (C=O) groups excluding carboxylic acids is 2. The van der Waals surface area contributed by atoms with E-state index in [1.807, 2.05) is 60.8 Å². The number of nitrogens with one attached hydrogen (secondary N) is 3. The summed E-state index contributed by atoms with van der Waals surface area (Å²) in [6.45, 7) is 9.13. The molecule has 3 aliphatic carbocycles. The van der Waals surface area contributed by atoms with Crippen LogP contribution in [0.3, 0.4) is 0 Å². The summed E-state index contributed by atoms with van der Waals surface area (Å²) < 4.78 is 5.99. The van der Waals surface area contributed by atoms with Crippen LogP contribution in [0.4, 0.5) is 4.79 Å². The minimum atomic E-state index is -1.17. The Morgan fingerprint density at radius 3 is 2.54 bits per heavy atom.